The van der Waals surface area contributed by atoms with Crippen molar-refractivity contribution in [3.8, 4) is 0 Å². The molecule has 2 heterocycles. The third kappa shape index (κ3) is 4.57. The SMILES string of the molecule is Cc1ccccc1CN1CCN(C(=O)CN2C[C@@H](F)C[C@H]2CO)CC1. The molecule has 25 heavy (non-hydrogen) atoms. The van der Waals surface area contributed by atoms with Crippen LogP contribution in [0.4, 0.5) is 4.39 Å². The van der Waals surface area contributed by atoms with Gasteiger partial charge in [-0.2, -0.15) is 0 Å². The van der Waals surface area contributed by atoms with Crippen LogP contribution in [0.5, 0.6) is 0 Å². The Kier molecular flexibility index (Phi) is 6.04. The van der Waals surface area contributed by atoms with Gasteiger partial charge in [0.25, 0.3) is 0 Å². The first-order chi connectivity index (χ1) is 12.1. The van der Waals surface area contributed by atoms with Gasteiger partial charge in [-0.25, -0.2) is 4.39 Å². The molecule has 1 aromatic rings. The molecular weight excluding hydrogens is 321 g/mol. The van der Waals surface area contributed by atoms with Crippen molar-refractivity contribution in [3.05, 3.63) is 35.4 Å². The lowest BCUT2D eigenvalue weighted by molar-refractivity contribution is -0.134. The van der Waals surface area contributed by atoms with Crippen molar-refractivity contribution < 1.29 is 14.3 Å². The van der Waals surface area contributed by atoms with Gasteiger partial charge >= 0.3 is 0 Å². The number of aliphatic hydroxyl groups excluding tert-OH is 1. The lowest BCUT2D eigenvalue weighted by Gasteiger charge is -2.36. The fourth-order valence-electron chi connectivity index (χ4n) is 3.76. The molecule has 6 heteroatoms. The van der Waals surface area contributed by atoms with Crippen LogP contribution in [-0.2, 0) is 11.3 Å². The molecule has 2 aliphatic heterocycles. The molecule has 0 radical (unpaired) electrons. The second-order valence-electron chi connectivity index (χ2n) is 7.18. The molecule has 0 unspecified atom stereocenters. The number of alkyl halides is 1. The third-order valence-electron chi connectivity index (χ3n) is 5.41. The predicted octanol–water partition coefficient (Wildman–Crippen LogP) is 1.04. The van der Waals surface area contributed by atoms with Crippen LogP contribution in [0.25, 0.3) is 0 Å². The first-order valence-electron chi connectivity index (χ1n) is 9.10. The molecule has 2 atom stereocenters. The first-order valence-corrected chi connectivity index (χ1v) is 9.10. The summed E-state index contributed by atoms with van der Waals surface area (Å²) < 4.78 is 13.5. The number of hydrogen-bond donors (Lipinski definition) is 1. The summed E-state index contributed by atoms with van der Waals surface area (Å²) >= 11 is 0. The van der Waals surface area contributed by atoms with Crippen molar-refractivity contribution in [1.82, 2.24) is 14.7 Å². The Labute approximate surface area is 149 Å². The molecule has 1 amide bonds. The zero-order valence-electron chi connectivity index (χ0n) is 14.9. The van der Waals surface area contributed by atoms with Crippen molar-refractivity contribution in [2.75, 3.05) is 45.9 Å². The summed E-state index contributed by atoms with van der Waals surface area (Å²) in [5.74, 6) is 0.0445. The number of carbonyl (C=O) groups is 1. The molecule has 138 valence electrons. The third-order valence-corrected chi connectivity index (χ3v) is 5.41. The molecule has 0 spiro atoms. The van der Waals surface area contributed by atoms with Gasteiger partial charge in [0, 0.05) is 45.3 Å². The van der Waals surface area contributed by atoms with E-state index in [0.29, 0.717) is 19.5 Å². The zero-order chi connectivity index (χ0) is 17.8. The zero-order valence-corrected chi connectivity index (χ0v) is 14.9. The van der Waals surface area contributed by atoms with Crippen LogP contribution in [-0.4, -0.2) is 83.8 Å². The van der Waals surface area contributed by atoms with Crippen LogP contribution in [0.3, 0.4) is 0 Å². The Bertz CT molecular complexity index is 590. The highest BCUT2D eigenvalue weighted by Crippen LogP contribution is 2.20. The number of rotatable bonds is 5. The summed E-state index contributed by atoms with van der Waals surface area (Å²) in [5, 5.41) is 9.33. The normalized spacial score (nSPS) is 25.5. The van der Waals surface area contributed by atoms with Crippen molar-refractivity contribution in [2.24, 2.45) is 0 Å². The van der Waals surface area contributed by atoms with Crippen molar-refractivity contribution in [2.45, 2.75) is 32.1 Å². The Hall–Kier alpha value is -1.50. The van der Waals surface area contributed by atoms with Crippen molar-refractivity contribution in [3.63, 3.8) is 0 Å². The highest BCUT2D eigenvalue weighted by molar-refractivity contribution is 5.78. The molecule has 0 aliphatic carbocycles. The van der Waals surface area contributed by atoms with Crippen molar-refractivity contribution in [1.29, 1.82) is 0 Å². The van der Waals surface area contributed by atoms with Crippen LogP contribution >= 0.6 is 0 Å². The second-order valence-corrected chi connectivity index (χ2v) is 7.18. The molecule has 1 N–H and O–H groups in total. The van der Waals surface area contributed by atoms with E-state index in [-0.39, 0.29) is 31.6 Å². The molecule has 2 saturated heterocycles. The Morgan fingerprint density at radius 1 is 1.24 bits per heavy atom. The van der Waals surface area contributed by atoms with Crippen LogP contribution in [0.1, 0.15) is 17.5 Å². The molecule has 0 saturated carbocycles. The number of piperazine rings is 1. The minimum Gasteiger partial charge on any atom is -0.395 e. The van der Waals surface area contributed by atoms with E-state index in [9.17, 15) is 14.3 Å². The number of carbonyl (C=O) groups excluding carboxylic acids is 1. The molecule has 2 aliphatic rings. The molecule has 1 aromatic carbocycles. The van der Waals surface area contributed by atoms with Crippen LogP contribution in [0, 0.1) is 6.92 Å². The molecule has 0 aromatic heterocycles. The fraction of sp³-hybridized carbons (Fsp3) is 0.632. The number of likely N-dealkylation sites (tertiary alicyclic amines) is 1. The average Bonchev–Trinajstić information content (AvgIpc) is 2.97. The van der Waals surface area contributed by atoms with E-state index in [4.69, 9.17) is 0 Å². The highest BCUT2D eigenvalue weighted by Gasteiger charge is 2.34. The summed E-state index contributed by atoms with van der Waals surface area (Å²) in [5.41, 5.74) is 2.63. The van der Waals surface area contributed by atoms with Gasteiger partial charge < -0.3 is 10.0 Å². The topological polar surface area (TPSA) is 47.0 Å². The summed E-state index contributed by atoms with van der Waals surface area (Å²) in [6.07, 6.45) is -0.607. The van der Waals surface area contributed by atoms with Gasteiger partial charge in [0.05, 0.1) is 13.2 Å². The van der Waals surface area contributed by atoms with E-state index >= 15 is 0 Å². The number of halogens is 1. The van der Waals surface area contributed by atoms with E-state index in [0.717, 1.165) is 19.6 Å². The lowest BCUT2D eigenvalue weighted by atomic mass is 10.1. The van der Waals surface area contributed by atoms with Crippen LogP contribution in [0.15, 0.2) is 24.3 Å². The maximum Gasteiger partial charge on any atom is 0.236 e. The monoisotopic (exact) mass is 349 g/mol. The Morgan fingerprint density at radius 3 is 2.64 bits per heavy atom. The van der Waals surface area contributed by atoms with E-state index in [1.165, 1.54) is 11.1 Å². The van der Waals surface area contributed by atoms with Gasteiger partial charge in [-0.1, -0.05) is 24.3 Å². The van der Waals surface area contributed by atoms with Crippen molar-refractivity contribution >= 4 is 5.91 Å². The maximum atomic E-state index is 13.5. The summed E-state index contributed by atoms with van der Waals surface area (Å²) in [6, 6.07) is 8.17. The van der Waals surface area contributed by atoms with Gasteiger partial charge in [-0.3, -0.25) is 14.6 Å². The van der Waals surface area contributed by atoms with Crippen LogP contribution < -0.4 is 0 Å². The summed E-state index contributed by atoms with van der Waals surface area (Å²) in [4.78, 5) is 18.5. The van der Waals surface area contributed by atoms with Gasteiger partial charge in [-0.15, -0.1) is 0 Å². The summed E-state index contributed by atoms with van der Waals surface area (Å²) in [6.45, 7) is 6.55. The van der Waals surface area contributed by atoms with E-state index < -0.39 is 6.17 Å². The van der Waals surface area contributed by atoms with Gasteiger partial charge in [0.2, 0.25) is 5.91 Å². The number of amides is 1. The van der Waals surface area contributed by atoms with Gasteiger partial charge in [0.1, 0.15) is 6.17 Å². The molecule has 5 nitrogen and oxygen atoms in total. The maximum absolute atomic E-state index is 13.5. The fourth-order valence-corrected chi connectivity index (χ4v) is 3.76. The standard InChI is InChI=1S/C19H28FN3O2/c1-15-4-2-3-5-16(15)11-21-6-8-22(9-7-21)19(25)13-23-12-17(20)10-18(23)14-24/h2-5,17-18,24H,6-14H2,1H3/t17-,18-/m0/s1. The van der Waals surface area contributed by atoms with E-state index in [2.05, 4.69) is 36.1 Å². The number of nitrogens with zero attached hydrogens (tertiary/aromatic N) is 3. The van der Waals surface area contributed by atoms with Gasteiger partial charge in [0.15, 0.2) is 0 Å². The average molecular weight is 349 g/mol. The smallest absolute Gasteiger partial charge is 0.236 e. The lowest BCUT2D eigenvalue weighted by Crippen LogP contribution is -2.51. The van der Waals surface area contributed by atoms with E-state index in [1.54, 1.807) is 4.90 Å². The molecule has 3 rings (SSSR count). The number of benzene rings is 1. The molecule has 2 fully saturated rings. The van der Waals surface area contributed by atoms with Gasteiger partial charge in [-0.05, 0) is 24.5 Å². The number of aryl methyl sites for hydroxylation is 1. The summed E-state index contributed by atoms with van der Waals surface area (Å²) in [7, 11) is 0. The first kappa shape index (κ1) is 18.3. The van der Waals surface area contributed by atoms with E-state index in [1.807, 2.05) is 4.90 Å². The largest absolute Gasteiger partial charge is 0.395 e. The Balaban J connectivity index is 1.47. The van der Waals surface area contributed by atoms with Crippen LogP contribution in [0.2, 0.25) is 0 Å². The minimum absolute atomic E-state index is 0.0445. The second kappa shape index (κ2) is 8.25. The predicted molar refractivity (Wildman–Crippen MR) is 95.0 cm³/mol. The Morgan fingerprint density at radius 2 is 1.96 bits per heavy atom. The quantitative estimate of drug-likeness (QED) is 0.863. The molecule has 0 bridgehead atoms. The molecular formula is C19H28FN3O2. The minimum atomic E-state index is -0.934. The number of aliphatic hydroxyl groups is 1. The highest BCUT2D eigenvalue weighted by atomic mass is 19.1. The number of hydrogen-bond acceptors (Lipinski definition) is 4.